The van der Waals surface area contributed by atoms with Crippen LogP contribution in [-0.2, 0) is 46.5 Å². The summed E-state index contributed by atoms with van der Waals surface area (Å²) in [4.78, 5) is 65.5. The summed E-state index contributed by atoms with van der Waals surface area (Å²) in [6.07, 6.45) is -6.57. The summed E-state index contributed by atoms with van der Waals surface area (Å²) in [5.41, 5.74) is 1.28. The Balaban J connectivity index is 1.14. The van der Waals surface area contributed by atoms with Crippen molar-refractivity contribution in [2.75, 3.05) is 39.4 Å². The van der Waals surface area contributed by atoms with E-state index in [1.54, 1.807) is 35.2 Å². The highest BCUT2D eigenvalue weighted by molar-refractivity contribution is 5.95. The normalized spacial score (nSPS) is 20.5. The highest BCUT2D eigenvalue weighted by atomic mass is 16.7. The van der Waals surface area contributed by atoms with Gasteiger partial charge < -0.3 is 43.3 Å². The van der Waals surface area contributed by atoms with Gasteiger partial charge in [-0.1, -0.05) is 78.9 Å². The number of hydrogen-bond acceptors (Lipinski definition) is 13. The fourth-order valence-corrected chi connectivity index (χ4v) is 6.46. The minimum absolute atomic E-state index is 0.0190. The summed E-state index contributed by atoms with van der Waals surface area (Å²) in [6, 6.07) is 30.1. The first-order valence-corrected chi connectivity index (χ1v) is 18.6. The Labute approximate surface area is 333 Å². The van der Waals surface area contributed by atoms with Crippen molar-refractivity contribution in [2.24, 2.45) is 0 Å². The number of piperazine rings is 1. The first kappa shape index (κ1) is 41.4. The van der Waals surface area contributed by atoms with Gasteiger partial charge in [0.25, 0.3) is 5.91 Å². The number of aliphatic hydroxyl groups is 1. The monoisotopic (exact) mass is 797 g/mol. The second kappa shape index (κ2) is 19.8. The molecule has 5 atom stereocenters. The van der Waals surface area contributed by atoms with Crippen molar-refractivity contribution in [3.05, 3.63) is 142 Å². The second-order valence-corrected chi connectivity index (χ2v) is 13.5. The van der Waals surface area contributed by atoms with Crippen molar-refractivity contribution in [3.8, 4) is 5.75 Å². The molecule has 0 aliphatic carbocycles. The highest BCUT2D eigenvalue weighted by Gasteiger charge is 2.49. The molecule has 16 heteroatoms. The van der Waals surface area contributed by atoms with Gasteiger partial charge >= 0.3 is 17.6 Å². The molecule has 6 rings (SSSR count). The van der Waals surface area contributed by atoms with Crippen LogP contribution in [0.5, 0.6) is 5.75 Å². The Morgan fingerprint density at radius 1 is 0.776 bits per heavy atom. The van der Waals surface area contributed by atoms with Crippen molar-refractivity contribution in [1.82, 2.24) is 9.80 Å². The van der Waals surface area contributed by atoms with E-state index in [1.807, 2.05) is 60.7 Å². The molecule has 0 bridgehead atoms. The Kier molecular flexibility index (Phi) is 14.1. The zero-order valence-corrected chi connectivity index (χ0v) is 31.6. The van der Waals surface area contributed by atoms with E-state index in [9.17, 15) is 34.4 Å². The molecule has 2 saturated heterocycles. The van der Waals surface area contributed by atoms with Crippen molar-refractivity contribution < 1.29 is 57.6 Å². The number of nitro benzene ring substituents is 1. The summed E-state index contributed by atoms with van der Waals surface area (Å²) in [7, 11) is 0. The molecular formula is C42H43N3O13. The lowest BCUT2D eigenvalue weighted by Gasteiger charge is -2.43. The molecule has 304 valence electrons. The number of ether oxygens (including phenoxy) is 6. The van der Waals surface area contributed by atoms with E-state index in [-0.39, 0.29) is 49.1 Å². The zero-order chi connectivity index (χ0) is 41.0. The predicted octanol–water partition coefficient (Wildman–Crippen LogP) is 3.93. The highest BCUT2D eigenvalue weighted by Crippen LogP contribution is 2.31. The van der Waals surface area contributed by atoms with E-state index in [4.69, 9.17) is 28.4 Å². The van der Waals surface area contributed by atoms with Crippen LogP contribution in [0.1, 0.15) is 38.8 Å². The maximum atomic E-state index is 13.2. The molecule has 2 fully saturated rings. The lowest BCUT2D eigenvalue weighted by molar-refractivity contribution is -0.385. The molecule has 0 saturated carbocycles. The number of esters is 2. The Morgan fingerprint density at radius 2 is 1.36 bits per heavy atom. The van der Waals surface area contributed by atoms with E-state index < -0.39 is 72.4 Å². The average Bonchev–Trinajstić information content (AvgIpc) is 3.25. The quantitative estimate of drug-likeness (QED) is 0.103. The number of aliphatic hydroxyl groups excluding tert-OH is 1. The molecule has 4 aromatic carbocycles. The summed E-state index contributed by atoms with van der Waals surface area (Å²) >= 11 is 0. The van der Waals surface area contributed by atoms with Crippen LogP contribution in [-0.4, -0.2) is 114 Å². The molecule has 2 heterocycles. The van der Waals surface area contributed by atoms with E-state index in [2.05, 4.69) is 0 Å². The number of nitro groups is 1. The van der Waals surface area contributed by atoms with Crippen molar-refractivity contribution >= 4 is 29.4 Å². The Morgan fingerprint density at radius 3 is 1.97 bits per heavy atom. The van der Waals surface area contributed by atoms with Gasteiger partial charge in [0.1, 0.15) is 24.9 Å². The van der Waals surface area contributed by atoms with Gasteiger partial charge in [-0.2, -0.15) is 0 Å². The maximum Gasteiger partial charge on any atom is 0.344 e. The van der Waals surface area contributed by atoms with Gasteiger partial charge in [-0.25, -0.2) is 9.59 Å². The molecule has 0 radical (unpaired) electrons. The summed E-state index contributed by atoms with van der Waals surface area (Å²) in [6.45, 7) is 1.50. The maximum absolute atomic E-state index is 13.2. The van der Waals surface area contributed by atoms with E-state index in [0.29, 0.717) is 13.1 Å². The Hall–Kier alpha value is -6.20. The van der Waals surface area contributed by atoms with Gasteiger partial charge in [-0.15, -0.1) is 0 Å². The molecule has 4 aromatic rings. The van der Waals surface area contributed by atoms with Crippen LogP contribution in [0.25, 0.3) is 0 Å². The average molecular weight is 798 g/mol. The van der Waals surface area contributed by atoms with Crippen LogP contribution in [0.15, 0.2) is 109 Å². The standard InChI is InChI=1S/C42H43N3O13/c1-28(46)43-19-21-44(22-20-43)40(49)32-17-18-34(33(23-32)45(51)52)53-27-36(47)54-26-35-38(55-24-29-11-5-2-6-12-29)37(48)39(58-41(50)31-15-9-4-10-16-31)42(57-35)56-25-30-13-7-3-8-14-30/h2-18,23,35,37-39,42,48H,19-22,24-27H2,1H3/t35?,37-,38+,39?,42+/m0/s1. The van der Waals surface area contributed by atoms with Crippen LogP contribution < -0.4 is 4.74 Å². The first-order valence-electron chi connectivity index (χ1n) is 18.6. The topological polar surface area (TPSA) is 194 Å². The van der Waals surface area contributed by atoms with Gasteiger partial charge in [-0.3, -0.25) is 19.7 Å². The van der Waals surface area contributed by atoms with Gasteiger partial charge in [0.2, 0.25) is 5.91 Å². The molecular weight excluding hydrogens is 754 g/mol. The van der Waals surface area contributed by atoms with Crippen molar-refractivity contribution in [1.29, 1.82) is 0 Å². The van der Waals surface area contributed by atoms with Crippen LogP contribution in [0.2, 0.25) is 0 Å². The molecule has 2 amide bonds. The van der Waals surface area contributed by atoms with Crippen LogP contribution in [0, 0.1) is 10.1 Å². The lowest BCUT2D eigenvalue weighted by Crippen LogP contribution is -2.61. The van der Waals surface area contributed by atoms with Gasteiger partial charge in [0.15, 0.2) is 24.8 Å². The minimum atomic E-state index is -1.52. The van der Waals surface area contributed by atoms with Crippen LogP contribution >= 0.6 is 0 Å². The van der Waals surface area contributed by atoms with Gasteiger partial charge in [0.05, 0.1) is 23.7 Å². The fourth-order valence-electron chi connectivity index (χ4n) is 6.46. The van der Waals surface area contributed by atoms with E-state index in [1.165, 1.54) is 24.0 Å². The third kappa shape index (κ3) is 10.8. The zero-order valence-electron chi connectivity index (χ0n) is 31.6. The van der Waals surface area contributed by atoms with E-state index >= 15 is 0 Å². The molecule has 0 aromatic heterocycles. The number of rotatable bonds is 15. The molecule has 0 spiro atoms. The number of carbonyl (C=O) groups is 4. The fraction of sp³-hybridized carbons (Fsp3) is 0.333. The number of benzene rings is 4. The number of hydrogen-bond donors (Lipinski definition) is 1. The second-order valence-electron chi connectivity index (χ2n) is 13.5. The number of amides is 2. The molecule has 2 aliphatic rings. The molecule has 2 aliphatic heterocycles. The van der Waals surface area contributed by atoms with Crippen LogP contribution in [0.4, 0.5) is 5.69 Å². The van der Waals surface area contributed by atoms with Gasteiger partial charge in [-0.05, 0) is 35.4 Å². The number of nitrogens with zero attached hydrogens (tertiary/aromatic N) is 3. The Bertz CT molecular complexity index is 2030. The van der Waals surface area contributed by atoms with Crippen LogP contribution in [0.3, 0.4) is 0 Å². The number of carbonyl (C=O) groups excluding carboxylic acids is 4. The first-order chi connectivity index (χ1) is 28.1. The summed E-state index contributed by atoms with van der Waals surface area (Å²) < 4.78 is 35.3. The van der Waals surface area contributed by atoms with Crippen molar-refractivity contribution in [3.63, 3.8) is 0 Å². The molecule has 58 heavy (non-hydrogen) atoms. The summed E-state index contributed by atoms with van der Waals surface area (Å²) in [5.74, 6) is -2.48. The minimum Gasteiger partial charge on any atom is -0.475 e. The summed E-state index contributed by atoms with van der Waals surface area (Å²) in [5, 5.41) is 23.8. The van der Waals surface area contributed by atoms with Crippen molar-refractivity contribution in [2.45, 2.75) is 50.8 Å². The molecule has 1 N–H and O–H groups in total. The third-order valence-corrected chi connectivity index (χ3v) is 9.58. The third-order valence-electron chi connectivity index (χ3n) is 9.58. The molecule has 2 unspecified atom stereocenters. The van der Waals surface area contributed by atoms with E-state index in [0.717, 1.165) is 17.2 Å². The SMILES string of the molecule is CC(=O)N1CCN(C(=O)c2ccc(OCC(=O)OCC3O[C@@H](OCc4ccccc4)C(OC(=O)c4ccccc4)[C@@H](O)[C@@H]3OCc3ccccc3)c([N+](=O)[O-])c2)CC1. The largest absolute Gasteiger partial charge is 0.475 e. The molecule has 16 nitrogen and oxygen atoms in total. The predicted molar refractivity (Wildman–Crippen MR) is 204 cm³/mol. The smallest absolute Gasteiger partial charge is 0.344 e. The lowest BCUT2D eigenvalue weighted by atomic mass is 9.98. The van der Waals surface area contributed by atoms with Gasteiger partial charge in [0, 0.05) is 44.7 Å².